The molecule has 3 rings (SSSR count). The second-order valence-corrected chi connectivity index (χ2v) is 6.69. The molecule has 5 nitrogen and oxygen atoms in total. The van der Waals surface area contributed by atoms with Crippen molar-refractivity contribution in [3.05, 3.63) is 18.5 Å². The Balaban J connectivity index is 1.49. The molecule has 1 saturated heterocycles. The van der Waals surface area contributed by atoms with Gasteiger partial charge in [0.15, 0.2) is 0 Å². The Kier molecular flexibility index (Phi) is 4.90. The van der Waals surface area contributed by atoms with Gasteiger partial charge in [-0.05, 0) is 37.7 Å². The number of amides is 1. The van der Waals surface area contributed by atoms with E-state index in [4.69, 9.17) is 0 Å². The summed E-state index contributed by atoms with van der Waals surface area (Å²) in [7, 11) is 0. The van der Waals surface area contributed by atoms with E-state index in [1.807, 2.05) is 6.07 Å². The maximum Gasteiger partial charge on any atom is 0.225 e. The molecule has 1 amide bonds. The summed E-state index contributed by atoms with van der Waals surface area (Å²) in [4.78, 5) is 23.2. The van der Waals surface area contributed by atoms with E-state index < -0.39 is 0 Å². The van der Waals surface area contributed by atoms with Crippen LogP contribution >= 0.6 is 0 Å². The molecule has 2 aliphatic rings. The topological polar surface area (TPSA) is 58.1 Å². The number of anilines is 1. The molecule has 0 spiro atoms. The quantitative estimate of drug-likeness (QED) is 0.931. The summed E-state index contributed by atoms with van der Waals surface area (Å²) in [5.41, 5.74) is 0. The average Bonchev–Trinajstić information content (AvgIpc) is 2.58. The maximum absolute atomic E-state index is 12.5. The van der Waals surface area contributed by atoms with E-state index in [9.17, 15) is 4.79 Å². The zero-order chi connectivity index (χ0) is 15.4. The second-order valence-electron chi connectivity index (χ2n) is 6.69. The third kappa shape index (κ3) is 3.57. The van der Waals surface area contributed by atoms with Gasteiger partial charge in [0.05, 0.1) is 0 Å². The van der Waals surface area contributed by atoms with Crippen LogP contribution in [0.15, 0.2) is 18.5 Å². The lowest BCUT2D eigenvalue weighted by molar-refractivity contribution is -0.126. The van der Waals surface area contributed by atoms with Gasteiger partial charge in [-0.15, -0.1) is 0 Å². The first-order valence-corrected chi connectivity index (χ1v) is 8.56. The highest BCUT2D eigenvalue weighted by molar-refractivity contribution is 5.79. The van der Waals surface area contributed by atoms with Crippen LogP contribution in [0.3, 0.4) is 0 Å². The lowest BCUT2D eigenvalue weighted by atomic mass is 9.85. The fourth-order valence-electron chi connectivity index (χ4n) is 3.63. The number of aromatic nitrogens is 2. The number of carbonyl (C=O) groups is 1. The minimum Gasteiger partial charge on any atom is -0.353 e. The van der Waals surface area contributed by atoms with Crippen molar-refractivity contribution in [3.63, 3.8) is 0 Å². The predicted octanol–water partition coefficient (Wildman–Crippen LogP) is 2.39. The first-order valence-electron chi connectivity index (χ1n) is 8.56. The molecule has 2 unspecified atom stereocenters. The molecule has 1 saturated carbocycles. The third-order valence-electron chi connectivity index (χ3n) is 5.14. The van der Waals surface area contributed by atoms with Crippen LogP contribution in [0.5, 0.6) is 0 Å². The Morgan fingerprint density at radius 3 is 2.50 bits per heavy atom. The van der Waals surface area contributed by atoms with Crippen LogP contribution in [0.25, 0.3) is 0 Å². The summed E-state index contributed by atoms with van der Waals surface area (Å²) in [6.45, 7) is 3.99. The van der Waals surface area contributed by atoms with Crippen molar-refractivity contribution in [3.8, 4) is 0 Å². The predicted molar refractivity (Wildman–Crippen MR) is 86.5 cm³/mol. The number of hydrogen-bond donors (Lipinski definition) is 1. The van der Waals surface area contributed by atoms with Crippen LogP contribution in [-0.4, -0.2) is 35.0 Å². The molecule has 2 heterocycles. The summed E-state index contributed by atoms with van der Waals surface area (Å²) >= 11 is 0. The average molecular weight is 302 g/mol. The fraction of sp³-hybridized carbons (Fsp3) is 0.706. The van der Waals surface area contributed by atoms with Crippen molar-refractivity contribution in [2.45, 2.75) is 51.5 Å². The molecule has 22 heavy (non-hydrogen) atoms. The summed E-state index contributed by atoms with van der Waals surface area (Å²) in [5, 5.41) is 3.30. The molecule has 5 heteroatoms. The van der Waals surface area contributed by atoms with Crippen LogP contribution in [0.2, 0.25) is 0 Å². The third-order valence-corrected chi connectivity index (χ3v) is 5.14. The first kappa shape index (κ1) is 15.3. The van der Waals surface area contributed by atoms with Gasteiger partial charge in [0.1, 0.15) is 0 Å². The Morgan fingerprint density at radius 1 is 1.14 bits per heavy atom. The highest BCUT2D eigenvalue weighted by Gasteiger charge is 2.29. The standard InChI is InChI=1S/C17H26N4O/c1-13-5-2-3-6-15(13)20-16(22)14-7-11-21(12-8-14)17-18-9-4-10-19-17/h4,9-10,13-15H,2-3,5-8,11-12H2,1H3,(H,20,22). The van der Waals surface area contributed by atoms with E-state index in [1.165, 1.54) is 19.3 Å². The van der Waals surface area contributed by atoms with Gasteiger partial charge in [-0.1, -0.05) is 19.8 Å². The van der Waals surface area contributed by atoms with Crippen LogP contribution in [-0.2, 0) is 4.79 Å². The Hall–Kier alpha value is -1.65. The van der Waals surface area contributed by atoms with Gasteiger partial charge in [-0.3, -0.25) is 4.79 Å². The summed E-state index contributed by atoms with van der Waals surface area (Å²) in [6.07, 6.45) is 10.3. The number of rotatable bonds is 3. The largest absolute Gasteiger partial charge is 0.353 e. The molecule has 0 radical (unpaired) electrons. The van der Waals surface area contributed by atoms with E-state index in [1.54, 1.807) is 12.4 Å². The van der Waals surface area contributed by atoms with Crippen molar-refractivity contribution in [2.24, 2.45) is 11.8 Å². The molecule has 1 aliphatic carbocycles. The Bertz CT molecular complexity index is 485. The highest BCUT2D eigenvalue weighted by Crippen LogP contribution is 2.25. The van der Waals surface area contributed by atoms with Gasteiger partial charge < -0.3 is 10.2 Å². The number of nitrogens with one attached hydrogen (secondary N) is 1. The van der Waals surface area contributed by atoms with Crippen LogP contribution in [0.4, 0.5) is 5.95 Å². The lowest BCUT2D eigenvalue weighted by Crippen LogP contribution is -2.46. The molecule has 120 valence electrons. The molecule has 2 atom stereocenters. The van der Waals surface area contributed by atoms with Crippen molar-refractivity contribution < 1.29 is 4.79 Å². The summed E-state index contributed by atoms with van der Waals surface area (Å²) in [6, 6.07) is 2.21. The van der Waals surface area contributed by atoms with Crippen LogP contribution in [0.1, 0.15) is 45.4 Å². The maximum atomic E-state index is 12.5. The summed E-state index contributed by atoms with van der Waals surface area (Å²) in [5.74, 6) is 1.80. The highest BCUT2D eigenvalue weighted by atomic mass is 16.1. The number of carbonyl (C=O) groups excluding carboxylic acids is 1. The van der Waals surface area contributed by atoms with Gasteiger partial charge in [0.25, 0.3) is 0 Å². The zero-order valence-electron chi connectivity index (χ0n) is 13.4. The number of piperidine rings is 1. The number of hydrogen-bond acceptors (Lipinski definition) is 4. The molecule has 0 aromatic carbocycles. The SMILES string of the molecule is CC1CCCCC1NC(=O)C1CCN(c2ncccn2)CC1. The van der Waals surface area contributed by atoms with Gasteiger partial charge in [0.2, 0.25) is 11.9 Å². The Morgan fingerprint density at radius 2 is 1.82 bits per heavy atom. The van der Waals surface area contributed by atoms with Crippen molar-refractivity contribution >= 4 is 11.9 Å². The van der Waals surface area contributed by atoms with Gasteiger partial charge in [-0.25, -0.2) is 9.97 Å². The van der Waals surface area contributed by atoms with E-state index in [0.717, 1.165) is 38.3 Å². The van der Waals surface area contributed by atoms with E-state index in [-0.39, 0.29) is 11.8 Å². The van der Waals surface area contributed by atoms with E-state index >= 15 is 0 Å². The van der Waals surface area contributed by atoms with E-state index in [0.29, 0.717) is 12.0 Å². The first-order chi connectivity index (χ1) is 10.7. The summed E-state index contributed by atoms with van der Waals surface area (Å²) < 4.78 is 0. The van der Waals surface area contributed by atoms with E-state index in [2.05, 4.69) is 27.1 Å². The smallest absolute Gasteiger partial charge is 0.225 e. The molecule has 2 fully saturated rings. The van der Waals surface area contributed by atoms with Gasteiger partial charge >= 0.3 is 0 Å². The second kappa shape index (κ2) is 7.07. The molecule has 0 bridgehead atoms. The van der Waals surface area contributed by atoms with Crippen LogP contribution < -0.4 is 10.2 Å². The minimum absolute atomic E-state index is 0.147. The molecule has 1 aliphatic heterocycles. The molecular formula is C17H26N4O. The molecular weight excluding hydrogens is 276 g/mol. The zero-order valence-corrected chi connectivity index (χ0v) is 13.4. The van der Waals surface area contributed by atoms with Crippen LogP contribution in [0, 0.1) is 11.8 Å². The lowest BCUT2D eigenvalue weighted by Gasteiger charge is -2.34. The fourth-order valence-corrected chi connectivity index (χ4v) is 3.63. The minimum atomic E-state index is 0.147. The monoisotopic (exact) mass is 302 g/mol. The van der Waals surface area contributed by atoms with Gasteiger partial charge in [-0.2, -0.15) is 0 Å². The van der Waals surface area contributed by atoms with Crippen molar-refractivity contribution in [1.29, 1.82) is 0 Å². The normalized spacial score (nSPS) is 26.7. The van der Waals surface area contributed by atoms with Crippen molar-refractivity contribution in [1.82, 2.24) is 15.3 Å². The number of nitrogens with zero attached hydrogens (tertiary/aromatic N) is 3. The molecule has 1 aromatic rings. The molecule has 1 aromatic heterocycles. The van der Waals surface area contributed by atoms with Gasteiger partial charge in [0, 0.05) is 37.4 Å². The molecule has 1 N–H and O–H groups in total. The Labute approximate surface area is 132 Å². The van der Waals surface area contributed by atoms with Crippen molar-refractivity contribution in [2.75, 3.05) is 18.0 Å².